The minimum absolute atomic E-state index is 0.0153. The maximum atomic E-state index is 11.7. The fourth-order valence-corrected chi connectivity index (χ4v) is 2.98. The fraction of sp³-hybridized carbons (Fsp3) is 0.286. The van der Waals surface area contributed by atoms with Crippen LogP contribution in [0.5, 0.6) is 5.75 Å². The van der Waals surface area contributed by atoms with Gasteiger partial charge in [0.1, 0.15) is 5.75 Å². The monoisotopic (exact) mass is 338 g/mol. The summed E-state index contributed by atoms with van der Waals surface area (Å²) in [5, 5.41) is 9.83. The first-order valence-corrected chi connectivity index (χ1v) is 8.23. The van der Waals surface area contributed by atoms with Gasteiger partial charge in [-0.1, -0.05) is 11.6 Å². The number of aryl methyl sites for hydroxylation is 1. The van der Waals surface area contributed by atoms with E-state index in [1.54, 1.807) is 6.07 Å². The van der Waals surface area contributed by atoms with Crippen LogP contribution in [0, 0.1) is 13.8 Å². The molecule has 2 rings (SSSR count). The summed E-state index contributed by atoms with van der Waals surface area (Å²) in [4.78, 5) is 34.2. The second-order valence-electron chi connectivity index (χ2n) is 6.37. The van der Waals surface area contributed by atoms with Crippen LogP contribution in [0.25, 0.3) is 0 Å². The summed E-state index contributed by atoms with van der Waals surface area (Å²) in [5.41, 5.74) is 4.77. The summed E-state index contributed by atoms with van der Waals surface area (Å²) in [5.74, 6) is -0.261. The number of hydrogen-bond acceptors (Lipinski definition) is 4. The van der Waals surface area contributed by atoms with E-state index in [0.717, 1.165) is 35.1 Å². The highest BCUT2D eigenvalue weighted by Gasteiger charge is 2.13. The first-order valence-electron chi connectivity index (χ1n) is 8.23. The van der Waals surface area contributed by atoms with Crippen LogP contribution in [0.2, 0.25) is 0 Å². The molecule has 0 aromatic heterocycles. The average molecular weight is 338 g/mol. The molecule has 0 unspecified atom stereocenters. The zero-order chi connectivity index (χ0) is 18.6. The second kappa shape index (κ2) is 7.88. The molecule has 0 heterocycles. The van der Waals surface area contributed by atoms with Gasteiger partial charge in [-0.15, -0.1) is 0 Å². The zero-order valence-electron chi connectivity index (χ0n) is 14.8. The number of hydrogen-bond donors (Lipinski definition) is 1. The van der Waals surface area contributed by atoms with Crippen molar-refractivity contribution in [1.29, 1.82) is 0 Å². The van der Waals surface area contributed by atoms with Crippen LogP contribution in [0.1, 0.15) is 46.8 Å². The largest absolute Gasteiger partial charge is 0.507 e. The van der Waals surface area contributed by atoms with Gasteiger partial charge in [-0.2, -0.15) is 0 Å². The Hall–Kier alpha value is -2.75. The van der Waals surface area contributed by atoms with E-state index < -0.39 is 0 Å². The molecule has 0 saturated heterocycles. The standard InChI is InChI=1S/C21H22O4/c1-13(4-6-16-11-17(23)7-9-20(16)24)5-8-18-14(2)10-21(25)19(12-22)15(18)3/h4,7,9-12,25H,5-6,8H2,1-3H3. The Bertz CT molecular complexity index is 823. The molecule has 1 aliphatic rings. The molecular formula is C21H22O4. The SMILES string of the molecule is CC(=CCC1=CC(=O)C=CC1=O)CCc1c(C)cc(O)c(C=O)c1C. The Balaban J connectivity index is 2.07. The van der Waals surface area contributed by atoms with E-state index in [0.29, 0.717) is 23.8 Å². The molecule has 0 saturated carbocycles. The van der Waals surface area contributed by atoms with Crippen LogP contribution in [0.4, 0.5) is 0 Å². The third kappa shape index (κ3) is 4.41. The quantitative estimate of drug-likeness (QED) is 0.487. The van der Waals surface area contributed by atoms with Crippen LogP contribution >= 0.6 is 0 Å². The van der Waals surface area contributed by atoms with Crippen LogP contribution in [0.3, 0.4) is 0 Å². The minimum Gasteiger partial charge on any atom is -0.507 e. The molecule has 1 aromatic rings. The summed E-state index contributed by atoms with van der Waals surface area (Å²) in [6.45, 7) is 5.74. The Morgan fingerprint density at radius 2 is 1.92 bits per heavy atom. The summed E-state index contributed by atoms with van der Waals surface area (Å²) in [6.07, 6.45) is 8.58. The Labute approximate surface area is 147 Å². The van der Waals surface area contributed by atoms with E-state index in [2.05, 4.69) is 0 Å². The van der Waals surface area contributed by atoms with E-state index in [-0.39, 0.29) is 17.3 Å². The molecule has 0 amide bonds. The molecule has 0 atom stereocenters. The van der Waals surface area contributed by atoms with Crippen molar-refractivity contribution in [2.75, 3.05) is 0 Å². The number of allylic oxidation sites excluding steroid dienone is 6. The van der Waals surface area contributed by atoms with Crippen molar-refractivity contribution in [1.82, 2.24) is 0 Å². The topological polar surface area (TPSA) is 71.4 Å². The lowest BCUT2D eigenvalue weighted by atomic mass is 9.92. The molecule has 130 valence electrons. The molecular weight excluding hydrogens is 316 g/mol. The van der Waals surface area contributed by atoms with Crippen molar-refractivity contribution >= 4 is 17.9 Å². The van der Waals surface area contributed by atoms with Crippen LogP contribution in [-0.2, 0) is 16.0 Å². The fourth-order valence-electron chi connectivity index (χ4n) is 2.98. The van der Waals surface area contributed by atoms with Crippen LogP contribution < -0.4 is 0 Å². The summed E-state index contributed by atoms with van der Waals surface area (Å²) in [6, 6.07) is 1.62. The van der Waals surface area contributed by atoms with Gasteiger partial charge in [-0.3, -0.25) is 14.4 Å². The van der Waals surface area contributed by atoms with Gasteiger partial charge >= 0.3 is 0 Å². The van der Waals surface area contributed by atoms with E-state index in [1.807, 2.05) is 26.8 Å². The maximum absolute atomic E-state index is 11.7. The Kier molecular flexibility index (Phi) is 5.86. The smallest absolute Gasteiger partial charge is 0.182 e. The molecule has 1 aliphatic carbocycles. The molecule has 0 radical (unpaired) electrons. The third-order valence-electron chi connectivity index (χ3n) is 4.55. The van der Waals surface area contributed by atoms with Gasteiger partial charge in [0.05, 0.1) is 5.56 Å². The lowest BCUT2D eigenvalue weighted by Gasteiger charge is -2.13. The molecule has 0 bridgehead atoms. The molecule has 1 aromatic carbocycles. The highest BCUT2D eigenvalue weighted by Crippen LogP contribution is 2.27. The van der Waals surface area contributed by atoms with Gasteiger partial charge in [-0.25, -0.2) is 0 Å². The van der Waals surface area contributed by atoms with E-state index >= 15 is 0 Å². The van der Waals surface area contributed by atoms with Crippen LogP contribution in [0.15, 0.2) is 41.5 Å². The lowest BCUT2D eigenvalue weighted by Crippen LogP contribution is -2.07. The highest BCUT2D eigenvalue weighted by atomic mass is 16.3. The number of phenolic OH excluding ortho intramolecular Hbond substituents is 1. The van der Waals surface area contributed by atoms with Crippen LogP contribution in [-0.4, -0.2) is 23.0 Å². The number of rotatable bonds is 6. The van der Waals surface area contributed by atoms with Crippen molar-refractivity contribution in [2.24, 2.45) is 0 Å². The predicted molar refractivity (Wildman–Crippen MR) is 96.9 cm³/mol. The van der Waals surface area contributed by atoms with Crippen molar-refractivity contribution in [3.8, 4) is 5.75 Å². The number of phenols is 1. The maximum Gasteiger partial charge on any atom is 0.182 e. The van der Waals surface area contributed by atoms with Gasteiger partial charge in [-0.05, 0) is 81.0 Å². The summed E-state index contributed by atoms with van der Waals surface area (Å²) in [7, 11) is 0. The molecule has 25 heavy (non-hydrogen) atoms. The number of carbonyl (C=O) groups excluding carboxylic acids is 3. The van der Waals surface area contributed by atoms with Crippen molar-refractivity contribution in [2.45, 2.75) is 40.0 Å². The first-order chi connectivity index (χ1) is 11.8. The molecule has 1 N–H and O–H groups in total. The van der Waals surface area contributed by atoms with E-state index in [1.165, 1.54) is 18.2 Å². The molecule has 0 spiro atoms. The number of carbonyl (C=O) groups is 3. The Morgan fingerprint density at radius 1 is 1.20 bits per heavy atom. The molecule has 0 aliphatic heterocycles. The zero-order valence-corrected chi connectivity index (χ0v) is 14.8. The van der Waals surface area contributed by atoms with Gasteiger partial charge in [0, 0.05) is 5.57 Å². The van der Waals surface area contributed by atoms with E-state index in [4.69, 9.17) is 0 Å². The lowest BCUT2D eigenvalue weighted by molar-refractivity contribution is -0.114. The van der Waals surface area contributed by atoms with Gasteiger partial charge in [0.25, 0.3) is 0 Å². The van der Waals surface area contributed by atoms with Crippen molar-refractivity contribution < 1.29 is 19.5 Å². The van der Waals surface area contributed by atoms with Gasteiger partial charge < -0.3 is 5.11 Å². The highest BCUT2D eigenvalue weighted by molar-refractivity contribution is 6.17. The number of ketones is 2. The van der Waals surface area contributed by atoms with Crippen molar-refractivity contribution in [3.63, 3.8) is 0 Å². The van der Waals surface area contributed by atoms with Gasteiger partial charge in [0.2, 0.25) is 0 Å². The normalized spacial score (nSPS) is 14.7. The molecule has 0 fully saturated rings. The number of aldehydes is 1. The third-order valence-corrected chi connectivity index (χ3v) is 4.55. The summed E-state index contributed by atoms with van der Waals surface area (Å²) >= 11 is 0. The Morgan fingerprint density at radius 3 is 2.60 bits per heavy atom. The number of benzene rings is 1. The summed E-state index contributed by atoms with van der Waals surface area (Å²) < 4.78 is 0. The van der Waals surface area contributed by atoms with E-state index in [9.17, 15) is 19.5 Å². The van der Waals surface area contributed by atoms with Crippen molar-refractivity contribution in [3.05, 3.63) is 63.8 Å². The number of aromatic hydroxyl groups is 1. The minimum atomic E-state index is -0.155. The molecule has 4 heteroatoms. The first kappa shape index (κ1) is 18.6. The average Bonchev–Trinajstić information content (AvgIpc) is 2.55. The second-order valence-corrected chi connectivity index (χ2v) is 6.37. The molecule has 4 nitrogen and oxygen atoms in total. The van der Waals surface area contributed by atoms with Gasteiger partial charge in [0.15, 0.2) is 17.9 Å². The predicted octanol–water partition coefficient (Wildman–Crippen LogP) is 3.72.